The van der Waals surface area contributed by atoms with E-state index >= 15 is 0 Å². The highest BCUT2D eigenvalue weighted by Gasteiger charge is 2.30. The van der Waals surface area contributed by atoms with Gasteiger partial charge in [0.15, 0.2) is 0 Å². The zero-order valence-electron chi connectivity index (χ0n) is 16.0. The van der Waals surface area contributed by atoms with Crippen molar-refractivity contribution in [1.29, 1.82) is 0 Å². The fourth-order valence-electron chi connectivity index (χ4n) is 4.42. The standard InChI is InChI=1S/C21H31N3O3/c22-21(25)20(24-12-14-26-15-13-24)16-4-6-18(7-5-16)27-19-8-10-23(11-9-19)17-2-1-3-17/h4-7,17,19-20H,1-3,8-15H2,(H2,22,25). The van der Waals surface area contributed by atoms with Gasteiger partial charge >= 0.3 is 0 Å². The van der Waals surface area contributed by atoms with Crippen LogP contribution in [0.3, 0.4) is 0 Å². The Kier molecular flexibility index (Phi) is 5.95. The summed E-state index contributed by atoms with van der Waals surface area (Å²) in [6.07, 6.45) is 6.61. The topological polar surface area (TPSA) is 68.0 Å². The number of rotatable bonds is 6. The van der Waals surface area contributed by atoms with Crippen LogP contribution in [-0.4, -0.2) is 67.2 Å². The molecule has 0 aromatic heterocycles. The number of morpholine rings is 1. The molecular weight excluding hydrogens is 342 g/mol. The summed E-state index contributed by atoms with van der Waals surface area (Å²) in [6, 6.07) is 8.34. The lowest BCUT2D eigenvalue weighted by molar-refractivity contribution is -0.125. The smallest absolute Gasteiger partial charge is 0.239 e. The van der Waals surface area contributed by atoms with Crippen molar-refractivity contribution in [3.05, 3.63) is 29.8 Å². The molecule has 2 aliphatic heterocycles. The number of hydrogen-bond donors (Lipinski definition) is 1. The van der Waals surface area contributed by atoms with Crippen LogP contribution in [0.1, 0.15) is 43.7 Å². The molecule has 0 bridgehead atoms. The molecule has 1 aliphatic carbocycles. The number of hydrogen-bond acceptors (Lipinski definition) is 5. The van der Waals surface area contributed by atoms with E-state index in [-0.39, 0.29) is 5.91 Å². The van der Waals surface area contributed by atoms with Crippen molar-refractivity contribution >= 4 is 5.91 Å². The largest absolute Gasteiger partial charge is 0.490 e. The molecule has 27 heavy (non-hydrogen) atoms. The van der Waals surface area contributed by atoms with E-state index in [0.717, 1.165) is 56.4 Å². The monoisotopic (exact) mass is 373 g/mol. The molecule has 1 unspecified atom stereocenters. The molecule has 1 amide bonds. The van der Waals surface area contributed by atoms with Gasteiger partial charge < -0.3 is 20.1 Å². The van der Waals surface area contributed by atoms with E-state index in [2.05, 4.69) is 9.80 Å². The van der Waals surface area contributed by atoms with Gasteiger partial charge in [-0.15, -0.1) is 0 Å². The van der Waals surface area contributed by atoms with Gasteiger partial charge in [-0.3, -0.25) is 9.69 Å². The second-order valence-corrected chi connectivity index (χ2v) is 7.96. The summed E-state index contributed by atoms with van der Waals surface area (Å²) in [5.41, 5.74) is 6.61. The lowest BCUT2D eigenvalue weighted by Crippen LogP contribution is -2.46. The minimum Gasteiger partial charge on any atom is -0.490 e. The lowest BCUT2D eigenvalue weighted by Gasteiger charge is -2.41. The fraction of sp³-hybridized carbons (Fsp3) is 0.667. The van der Waals surface area contributed by atoms with Crippen LogP contribution in [0.2, 0.25) is 0 Å². The quantitative estimate of drug-likeness (QED) is 0.825. The van der Waals surface area contributed by atoms with Crippen LogP contribution >= 0.6 is 0 Å². The highest BCUT2D eigenvalue weighted by atomic mass is 16.5. The molecule has 1 aromatic rings. The first-order chi connectivity index (χ1) is 13.2. The van der Waals surface area contributed by atoms with Crippen LogP contribution in [0.25, 0.3) is 0 Å². The summed E-state index contributed by atoms with van der Waals surface area (Å²) in [7, 11) is 0. The highest BCUT2D eigenvalue weighted by molar-refractivity contribution is 5.81. The van der Waals surface area contributed by atoms with Gasteiger partial charge in [0.05, 0.1) is 13.2 Å². The number of nitrogens with zero attached hydrogens (tertiary/aromatic N) is 2. The molecular formula is C21H31N3O3. The van der Waals surface area contributed by atoms with E-state index in [1.165, 1.54) is 19.3 Å². The van der Waals surface area contributed by atoms with Crippen LogP contribution in [-0.2, 0) is 9.53 Å². The number of benzene rings is 1. The van der Waals surface area contributed by atoms with Gasteiger partial charge in [-0.05, 0) is 43.4 Å². The van der Waals surface area contributed by atoms with Crippen molar-refractivity contribution < 1.29 is 14.3 Å². The molecule has 0 radical (unpaired) electrons. The Bertz CT molecular complexity index is 618. The first-order valence-electron chi connectivity index (χ1n) is 10.3. The molecule has 6 nitrogen and oxygen atoms in total. The predicted molar refractivity (Wildman–Crippen MR) is 104 cm³/mol. The summed E-state index contributed by atoms with van der Waals surface area (Å²) in [5, 5.41) is 0. The van der Waals surface area contributed by atoms with E-state index in [0.29, 0.717) is 19.3 Å². The summed E-state index contributed by atoms with van der Waals surface area (Å²) in [4.78, 5) is 16.7. The Morgan fingerprint density at radius 2 is 1.70 bits per heavy atom. The Balaban J connectivity index is 1.33. The summed E-state index contributed by atoms with van der Waals surface area (Å²) in [5.74, 6) is 0.569. The average molecular weight is 373 g/mol. The summed E-state index contributed by atoms with van der Waals surface area (Å²) < 4.78 is 11.6. The first-order valence-corrected chi connectivity index (χ1v) is 10.3. The molecule has 0 spiro atoms. The fourth-order valence-corrected chi connectivity index (χ4v) is 4.42. The zero-order chi connectivity index (χ0) is 18.6. The van der Waals surface area contributed by atoms with Crippen LogP contribution < -0.4 is 10.5 Å². The molecule has 1 atom stereocenters. The normalized spacial score (nSPS) is 24.3. The molecule has 2 saturated heterocycles. The van der Waals surface area contributed by atoms with Crippen molar-refractivity contribution in [3.8, 4) is 5.75 Å². The predicted octanol–water partition coefficient (Wildman–Crippen LogP) is 1.94. The van der Waals surface area contributed by atoms with Crippen molar-refractivity contribution in [2.75, 3.05) is 39.4 Å². The summed E-state index contributed by atoms with van der Waals surface area (Å²) >= 11 is 0. The van der Waals surface area contributed by atoms with E-state index in [9.17, 15) is 4.79 Å². The first kappa shape index (κ1) is 18.7. The van der Waals surface area contributed by atoms with Gasteiger partial charge in [0.2, 0.25) is 5.91 Å². The van der Waals surface area contributed by atoms with Crippen molar-refractivity contribution in [1.82, 2.24) is 9.80 Å². The third-order valence-electron chi connectivity index (χ3n) is 6.25. The molecule has 6 heteroatoms. The van der Waals surface area contributed by atoms with Gasteiger partial charge in [-0.2, -0.15) is 0 Å². The Labute approximate surface area is 161 Å². The van der Waals surface area contributed by atoms with E-state index < -0.39 is 6.04 Å². The third-order valence-corrected chi connectivity index (χ3v) is 6.25. The van der Waals surface area contributed by atoms with Gasteiger partial charge in [-0.25, -0.2) is 0 Å². The SMILES string of the molecule is NC(=O)C(c1ccc(OC2CCN(C3CCC3)CC2)cc1)N1CCOCC1. The lowest BCUT2D eigenvalue weighted by atomic mass is 9.90. The Hall–Kier alpha value is -1.63. The van der Waals surface area contributed by atoms with Gasteiger partial charge in [0, 0.05) is 32.2 Å². The second kappa shape index (κ2) is 8.59. The number of likely N-dealkylation sites (tertiary alicyclic amines) is 1. The molecule has 1 aromatic carbocycles. The van der Waals surface area contributed by atoms with E-state index in [4.69, 9.17) is 15.2 Å². The summed E-state index contributed by atoms with van der Waals surface area (Å²) in [6.45, 7) is 5.04. The van der Waals surface area contributed by atoms with Crippen molar-refractivity contribution in [2.45, 2.75) is 50.3 Å². The van der Waals surface area contributed by atoms with Crippen LogP contribution in [0.4, 0.5) is 0 Å². The molecule has 3 aliphatic rings. The maximum absolute atomic E-state index is 12.0. The molecule has 2 N–H and O–H groups in total. The molecule has 148 valence electrons. The van der Waals surface area contributed by atoms with E-state index in [1.807, 2.05) is 24.3 Å². The molecule has 1 saturated carbocycles. The van der Waals surface area contributed by atoms with Crippen LogP contribution in [0, 0.1) is 0 Å². The van der Waals surface area contributed by atoms with Gasteiger partial charge in [0.1, 0.15) is 17.9 Å². The number of amides is 1. The van der Waals surface area contributed by atoms with Crippen molar-refractivity contribution in [3.63, 3.8) is 0 Å². The van der Waals surface area contributed by atoms with Crippen LogP contribution in [0.15, 0.2) is 24.3 Å². The zero-order valence-corrected chi connectivity index (χ0v) is 16.0. The Morgan fingerprint density at radius 1 is 1.04 bits per heavy atom. The minimum absolute atomic E-state index is 0.290. The molecule has 4 rings (SSSR count). The maximum Gasteiger partial charge on any atom is 0.239 e. The number of ether oxygens (including phenoxy) is 2. The second-order valence-electron chi connectivity index (χ2n) is 7.96. The minimum atomic E-state index is -0.395. The van der Waals surface area contributed by atoms with Gasteiger partial charge in [0.25, 0.3) is 0 Å². The molecule has 3 fully saturated rings. The number of carbonyl (C=O) groups excluding carboxylic acids is 1. The number of piperidine rings is 1. The average Bonchev–Trinajstić information content (AvgIpc) is 2.64. The number of nitrogens with two attached hydrogens (primary N) is 1. The van der Waals surface area contributed by atoms with Crippen molar-refractivity contribution in [2.24, 2.45) is 5.73 Å². The number of primary amides is 1. The van der Waals surface area contributed by atoms with Crippen LogP contribution in [0.5, 0.6) is 5.75 Å². The highest BCUT2D eigenvalue weighted by Crippen LogP contribution is 2.29. The third kappa shape index (κ3) is 4.45. The van der Waals surface area contributed by atoms with Gasteiger partial charge in [-0.1, -0.05) is 18.6 Å². The Morgan fingerprint density at radius 3 is 2.26 bits per heavy atom. The van der Waals surface area contributed by atoms with E-state index in [1.54, 1.807) is 0 Å². The molecule has 2 heterocycles. The maximum atomic E-state index is 12.0. The number of carbonyl (C=O) groups is 1.